The van der Waals surface area contributed by atoms with Gasteiger partial charge in [-0.1, -0.05) is 29.3 Å². The van der Waals surface area contributed by atoms with Crippen molar-refractivity contribution in [3.05, 3.63) is 33.8 Å². The van der Waals surface area contributed by atoms with Crippen LogP contribution in [0.4, 0.5) is 4.79 Å². The zero-order valence-electron chi connectivity index (χ0n) is 9.77. The molecule has 1 atom stereocenters. The Morgan fingerprint density at radius 3 is 2.61 bits per heavy atom. The largest absolute Gasteiger partial charge is 0.465 e. The summed E-state index contributed by atoms with van der Waals surface area (Å²) in [4.78, 5) is 22.6. The van der Waals surface area contributed by atoms with Crippen molar-refractivity contribution >= 4 is 35.6 Å². The van der Waals surface area contributed by atoms with Crippen molar-refractivity contribution in [3.8, 4) is 0 Å². The van der Waals surface area contributed by atoms with Crippen LogP contribution < -0.4 is 0 Å². The summed E-state index contributed by atoms with van der Waals surface area (Å²) in [5.41, 5.74) is 0.796. The molecule has 1 unspecified atom stereocenters. The third-order valence-electron chi connectivity index (χ3n) is 2.62. The van der Waals surface area contributed by atoms with Crippen molar-refractivity contribution in [2.24, 2.45) is 0 Å². The predicted octanol–water partition coefficient (Wildman–Crippen LogP) is 3.28. The van der Waals surface area contributed by atoms with Crippen LogP contribution >= 0.6 is 23.2 Å². The maximum absolute atomic E-state index is 10.8. The fourth-order valence-corrected chi connectivity index (χ4v) is 1.91. The van der Waals surface area contributed by atoms with Gasteiger partial charge in [0.15, 0.2) is 0 Å². The molecule has 18 heavy (non-hydrogen) atoms. The van der Waals surface area contributed by atoms with Crippen molar-refractivity contribution in [1.82, 2.24) is 4.90 Å². The number of amides is 1. The third-order valence-corrected chi connectivity index (χ3v) is 3.36. The van der Waals surface area contributed by atoms with Gasteiger partial charge < -0.3 is 14.8 Å². The normalized spacial score (nSPS) is 11.9. The molecule has 0 saturated heterocycles. The number of hydrogen-bond acceptors (Lipinski definition) is 2. The molecule has 0 fully saturated rings. The van der Waals surface area contributed by atoms with Gasteiger partial charge in [0.05, 0.1) is 10.0 Å². The lowest BCUT2D eigenvalue weighted by atomic mass is 9.96. The van der Waals surface area contributed by atoms with Crippen LogP contribution in [0.2, 0.25) is 10.0 Å². The highest BCUT2D eigenvalue weighted by Crippen LogP contribution is 2.28. The Labute approximate surface area is 115 Å². The first-order chi connectivity index (χ1) is 8.45. The van der Waals surface area contributed by atoms with E-state index in [1.54, 1.807) is 18.2 Å². The quantitative estimate of drug-likeness (QED) is 0.847. The highest BCUT2D eigenvalue weighted by atomic mass is 35.5. The van der Waals surface area contributed by atoms with Crippen molar-refractivity contribution in [2.45, 2.75) is 12.3 Å². The molecule has 0 spiro atoms. The Balaban J connectivity index is 2.92. The number of likely N-dealkylation sites (N-methyl/N-ethyl adjacent to an activating group) is 1. The minimum atomic E-state index is -1.04. The number of carbonyl (C=O) groups is 2. The molecule has 1 aromatic carbocycles. The first kappa shape index (κ1) is 14.8. The van der Waals surface area contributed by atoms with Gasteiger partial charge in [0.2, 0.25) is 0 Å². The number of benzene rings is 1. The van der Waals surface area contributed by atoms with E-state index in [-0.39, 0.29) is 18.9 Å². The summed E-state index contributed by atoms with van der Waals surface area (Å²) in [6.45, 7) is 0.228. The molecule has 98 valence electrons. The van der Waals surface area contributed by atoms with E-state index in [1.807, 2.05) is 0 Å². The van der Waals surface area contributed by atoms with Crippen LogP contribution in [0.5, 0.6) is 0 Å². The summed E-state index contributed by atoms with van der Waals surface area (Å²) in [6, 6.07) is 5.05. The summed E-state index contributed by atoms with van der Waals surface area (Å²) >= 11 is 11.7. The van der Waals surface area contributed by atoms with Gasteiger partial charge in [-0.15, -0.1) is 0 Å². The molecule has 0 bridgehead atoms. The van der Waals surface area contributed by atoms with Crippen molar-refractivity contribution in [2.75, 3.05) is 13.6 Å². The molecular weight excluding hydrogens is 277 g/mol. The number of hydrogen-bond donors (Lipinski definition) is 1. The van der Waals surface area contributed by atoms with Gasteiger partial charge in [0, 0.05) is 25.9 Å². The van der Waals surface area contributed by atoms with E-state index in [0.29, 0.717) is 10.0 Å². The monoisotopic (exact) mass is 289 g/mol. The van der Waals surface area contributed by atoms with Gasteiger partial charge >= 0.3 is 6.09 Å². The SMILES string of the molecule is CN(CC(CC=O)c1ccc(Cl)c(Cl)c1)C(=O)O. The third kappa shape index (κ3) is 3.89. The summed E-state index contributed by atoms with van der Waals surface area (Å²) in [7, 11) is 1.46. The van der Waals surface area contributed by atoms with Gasteiger partial charge in [-0.05, 0) is 17.7 Å². The Hall–Kier alpha value is -1.26. The van der Waals surface area contributed by atoms with Gasteiger partial charge in [-0.25, -0.2) is 4.79 Å². The van der Waals surface area contributed by atoms with Crippen LogP contribution in [-0.2, 0) is 4.79 Å². The molecule has 0 aromatic heterocycles. The fraction of sp³-hybridized carbons (Fsp3) is 0.333. The maximum atomic E-state index is 10.8. The molecule has 1 amide bonds. The number of halogens is 2. The van der Waals surface area contributed by atoms with E-state index < -0.39 is 6.09 Å². The predicted molar refractivity (Wildman–Crippen MR) is 70.5 cm³/mol. The molecule has 0 aliphatic heterocycles. The first-order valence-electron chi connectivity index (χ1n) is 5.28. The second-order valence-corrected chi connectivity index (χ2v) is 4.75. The average molecular weight is 290 g/mol. The van der Waals surface area contributed by atoms with Crippen molar-refractivity contribution in [1.29, 1.82) is 0 Å². The highest BCUT2D eigenvalue weighted by Gasteiger charge is 2.17. The van der Waals surface area contributed by atoms with Crippen LogP contribution in [0.25, 0.3) is 0 Å². The van der Waals surface area contributed by atoms with Crippen LogP contribution in [0, 0.1) is 0 Å². The smallest absolute Gasteiger partial charge is 0.407 e. The zero-order chi connectivity index (χ0) is 13.7. The summed E-state index contributed by atoms with van der Waals surface area (Å²) in [6.07, 6.45) is -0.0377. The Kier molecular flexibility index (Phi) is 5.44. The van der Waals surface area contributed by atoms with E-state index in [9.17, 15) is 9.59 Å². The Morgan fingerprint density at radius 2 is 2.11 bits per heavy atom. The number of nitrogens with zero attached hydrogens (tertiary/aromatic N) is 1. The molecule has 6 heteroatoms. The number of aldehydes is 1. The molecule has 1 rings (SSSR count). The number of carbonyl (C=O) groups excluding carboxylic acids is 1. The summed E-state index contributed by atoms with van der Waals surface area (Å²) in [5.74, 6) is -0.224. The molecule has 0 saturated carbocycles. The fourth-order valence-electron chi connectivity index (χ4n) is 1.61. The average Bonchev–Trinajstić information content (AvgIpc) is 2.32. The lowest BCUT2D eigenvalue weighted by Gasteiger charge is -2.21. The first-order valence-corrected chi connectivity index (χ1v) is 6.04. The van der Waals surface area contributed by atoms with E-state index in [4.69, 9.17) is 28.3 Å². The van der Waals surface area contributed by atoms with Gasteiger partial charge in [-0.3, -0.25) is 0 Å². The molecule has 1 N–H and O–H groups in total. The zero-order valence-corrected chi connectivity index (χ0v) is 11.3. The molecule has 0 aliphatic rings. The van der Waals surface area contributed by atoms with E-state index in [0.717, 1.165) is 16.7 Å². The molecule has 0 heterocycles. The lowest BCUT2D eigenvalue weighted by molar-refractivity contribution is -0.108. The Morgan fingerprint density at radius 1 is 1.44 bits per heavy atom. The van der Waals surface area contributed by atoms with Crippen molar-refractivity contribution < 1.29 is 14.7 Å². The molecular formula is C12H13Cl2NO3. The molecule has 0 radical (unpaired) electrons. The lowest BCUT2D eigenvalue weighted by Crippen LogP contribution is -2.29. The van der Waals surface area contributed by atoms with E-state index >= 15 is 0 Å². The molecule has 0 aliphatic carbocycles. The molecule has 1 aromatic rings. The molecule has 4 nitrogen and oxygen atoms in total. The minimum absolute atomic E-state index is 0.224. The van der Waals surface area contributed by atoms with Crippen LogP contribution in [-0.4, -0.2) is 36.0 Å². The van der Waals surface area contributed by atoms with Crippen LogP contribution in [0.3, 0.4) is 0 Å². The second kappa shape index (κ2) is 6.61. The van der Waals surface area contributed by atoms with E-state index in [2.05, 4.69) is 0 Å². The van der Waals surface area contributed by atoms with Crippen LogP contribution in [0.15, 0.2) is 18.2 Å². The van der Waals surface area contributed by atoms with Crippen LogP contribution in [0.1, 0.15) is 17.9 Å². The number of rotatable bonds is 5. The summed E-state index contributed by atoms with van der Waals surface area (Å²) < 4.78 is 0. The van der Waals surface area contributed by atoms with Gasteiger partial charge in [0.1, 0.15) is 6.29 Å². The second-order valence-electron chi connectivity index (χ2n) is 3.94. The van der Waals surface area contributed by atoms with Gasteiger partial charge in [0.25, 0.3) is 0 Å². The van der Waals surface area contributed by atoms with Gasteiger partial charge in [-0.2, -0.15) is 0 Å². The summed E-state index contributed by atoms with van der Waals surface area (Å²) in [5, 5.41) is 9.65. The minimum Gasteiger partial charge on any atom is -0.465 e. The van der Waals surface area contributed by atoms with E-state index in [1.165, 1.54) is 7.05 Å². The topological polar surface area (TPSA) is 57.6 Å². The highest BCUT2D eigenvalue weighted by molar-refractivity contribution is 6.42. The number of carboxylic acid groups (broad SMARTS) is 1. The standard InChI is InChI=1S/C12H13Cl2NO3/c1-15(12(17)18)7-9(4-5-16)8-2-3-10(13)11(14)6-8/h2-3,5-6,9H,4,7H2,1H3,(H,17,18). The maximum Gasteiger partial charge on any atom is 0.407 e. The van der Waals surface area contributed by atoms with Crippen molar-refractivity contribution in [3.63, 3.8) is 0 Å². The Bertz CT molecular complexity index is 451.